The molecule has 4 N–H and O–H groups in total. The summed E-state index contributed by atoms with van der Waals surface area (Å²) in [5.41, 5.74) is 0.647. The van der Waals surface area contributed by atoms with Crippen molar-refractivity contribution in [2.75, 3.05) is 30.8 Å². The maximum Gasteiger partial charge on any atom is 0.320 e. The minimum Gasteiger partial charge on any atom is -0.457 e. The van der Waals surface area contributed by atoms with Crippen LogP contribution in [0.1, 0.15) is 18.4 Å². The van der Waals surface area contributed by atoms with E-state index in [0.29, 0.717) is 17.1 Å². The van der Waals surface area contributed by atoms with E-state index in [0.717, 1.165) is 32.0 Å². The highest BCUT2D eigenvalue weighted by Gasteiger charge is 2.18. The lowest BCUT2D eigenvalue weighted by Crippen LogP contribution is -2.44. The summed E-state index contributed by atoms with van der Waals surface area (Å²) in [4.78, 5) is 30.9. The molecule has 0 bridgehead atoms. The number of piperidine rings is 1. The molecule has 4 rings (SSSR count). The number of aromatic nitrogens is 1. The lowest BCUT2D eigenvalue weighted by molar-refractivity contribution is -0.119. The predicted molar refractivity (Wildman–Crippen MR) is 148 cm³/mol. The molecule has 1 aliphatic heterocycles. The van der Waals surface area contributed by atoms with E-state index in [4.69, 9.17) is 17.0 Å². The summed E-state index contributed by atoms with van der Waals surface area (Å²) < 4.78 is 33.4. The van der Waals surface area contributed by atoms with Crippen LogP contribution in [0.5, 0.6) is 11.5 Å². The van der Waals surface area contributed by atoms with Crippen molar-refractivity contribution in [3.8, 4) is 11.5 Å². The third-order valence-electron chi connectivity index (χ3n) is 5.98. The molecular weight excluding hydrogens is 526 g/mol. The number of benzene rings is 2. The second-order valence-electron chi connectivity index (χ2n) is 9.10. The van der Waals surface area contributed by atoms with Gasteiger partial charge in [-0.05, 0) is 81.1 Å². The number of thiocarbonyl (C=S) groups is 1. The number of anilines is 2. The molecule has 2 aromatic carbocycles. The number of urea groups is 1. The van der Waals surface area contributed by atoms with E-state index < -0.39 is 17.5 Å². The first-order chi connectivity index (χ1) is 18.7. The number of amides is 3. The number of carbonyl (C=O) groups excluding carboxylic acids is 2. The van der Waals surface area contributed by atoms with E-state index in [-0.39, 0.29) is 35.0 Å². The summed E-state index contributed by atoms with van der Waals surface area (Å²) in [6, 6.07) is 12.5. The fourth-order valence-corrected chi connectivity index (χ4v) is 4.17. The Balaban J connectivity index is 1.28. The van der Waals surface area contributed by atoms with Crippen LogP contribution in [0.4, 0.5) is 25.1 Å². The topological polar surface area (TPSA) is 108 Å². The summed E-state index contributed by atoms with van der Waals surface area (Å²) in [7, 11) is 2.05. The van der Waals surface area contributed by atoms with Crippen molar-refractivity contribution in [1.82, 2.24) is 20.5 Å². The van der Waals surface area contributed by atoms with Gasteiger partial charge in [-0.3, -0.25) is 10.1 Å². The van der Waals surface area contributed by atoms with Gasteiger partial charge < -0.3 is 25.6 Å². The number of hydrogen-bond acceptors (Lipinski definition) is 6. The Kier molecular flexibility index (Phi) is 9.34. The van der Waals surface area contributed by atoms with Crippen molar-refractivity contribution in [3.05, 3.63) is 78.0 Å². The molecule has 1 aliphatic rings. The van der Waals surface area contributed by atoms with Crippen LogP contribution in [0.15, 0.2) is 60.8 Å². The largest absolute Gasteiger partial charge is 0.457 e. The molecule has 0 saturated carbocycles. The van der Waals surface area contributed by atoms with Gasteiger partial charge in [0.05, 0.1) is 12.1 Å². The van der Waals surface area contributed by atoms with Crippen LogP contribution in [0.25, 0.3) is 0 Å². The average molecular weight is 555 g/mol. The lowest BCUT2D eigenvalue weighted by atomic mass is 10.1. The third-order valence-corrected chi connectivity index (χ3v) is 6.19. The Morgan fingerprint density at radius 1 is 1.03 bits per heavy atom. The monoisotopic (exact) mass is 554 g/mol. The summed E-state index contributed by atoms with van der Waals surface area (Å²) in [5.74, 6) is -0.640. The first kappa shape index (κ1) is 27.9. The average Bonchev–Trinajstić information content (AvgIpc) is 2.88. The van der Waals surface area contributed by atoms with Gasteiger partial charge in [-0.2, -0.15) is 0 Å². The quantitative estimate of drug-likeness (QED) is 0.320. The number of pyridine rings is 1. The second kappa shape index (κ2) is 13.1. The second-order valence-corrected chi connectivity index (χ2v) is 9.51. The number of rotatable bonds is 7. The number of ether oxygens (including phenoxy) is 1. The van der Waals surface area contributed by atoms with E-state index >= 15 is 0 Å². The van der Waals surface area contributed by atoms with Crippen molar-refractivity contribution in [1.29, 1.82) is 0 Å². The van der Waals surface area contributed by atoms with Crippen molar-refractivity contribution in [2.45, 2.75) is 25.3 Å². The first-order valence-corrected chi connectivity index (χ1v) is 12.7. The zero-order chi connectivity index (χ0) is 27.8. The van der Waals surface area contributed by atoms with Gasteiger partial charge >= 0.3 is 6.03 Å². The Morgan fingerprint density at radius 2 is 1.74 bits per heavy atom. The zero-order valence-electron chi connectivity index (χ0n) is 21.2. The smallest absolute Gasteiger partial charge is 0.320 e. The number of hydrogen-bond donors (Lipinski definition) is 4. The molecule has 2 heterocycles. The molecule has 204 valence electrons. The standard InChI is InChI=1S/C27H28F2N6O3S/c1-35-12-9-19(10-13-35)31-26(37)33-24-16-21(8-11-30-24)38-20-6-7-23(22(29)15-20)32-27(39)34-25(36)14-17-2-4-18(28)5-3-17/h2-8,11,15-16,19H,9-10,12-14H2,1H3,(H2,30,31,33,37)(H2,32,34,36,39). The number of nitrogens with zero attached hydrogens (tertiary/aromatic N) is 2. The SMILES string of the molecule is CN1CCC(NC(=O)Nc2cc(Oc3ccc(NC(=S)NC(=O)Cc4ccc(F)cc4)c(F)c3)ccn2)CC1. The minimum absolute atomic E-state index is 0.0139. The molecule has 1 saturated heterocycles. The summed E-state index contributed by atoms with van der Waals surface area (Å²) in [5, 5.41) is 10.7. The maximum atomic E-state index is 14.7. The molecule has 0 spiro atoms. The van der Waals surface area contributed by atoms with Gasteiger partial charge in [-0.1, -0.05) is 12.1 Å². The van der Waals surface area contributed by atoms with Gasteiger partial charge in [-0.15, -0.1) is 0 Å². The Morgan fingerprint density at radius 3 is 2.46 bits per heavy atom. The lowest BCUT2D eigenvalue weighted by Gasteiger charge is -2.29. The number of likely N-dealkylation sites (tertiary alicyclic amines) is 1. The highest BCUT2D eigenvalue weighted by molar-refractivity contribution is 7.80. The molecule has 39 heavy (non-hydrogen) atoms. The molecule has 0 unspecified atom stereocenters. The molecule has 0 aliphatic carbocycles. The Hall–Kier alpha value is -4.16. The van der Waals surface area contributed by atoms with Crippen molar-refractivity contribution in [3.63, 3.8) is 0 Å². The normalized spacial score (nSPS) is 13.8. The highest BCUT2D eigenvalue weighted by atomic mass is 32.1. The molecule has 1 fully saturated rings. The minimum atomic E-state index is -0.660. The van der Waals surface area contributed by atoms with E-state index in [1.807, 2.05) is 0 Å². The zero-order valence-corrected chi connectivity index (χ0v) is 22.0. The van der Waals surface area contributed by atoms with Crippen LogP contribution < -0.4 is 26.0 Å². The maximum absolute atomic E-state index is 14.7. The summed E-state index contributed by atoms with van der Waals surface area (Å²) >= 11 is 5.10. The van der Waals surface area contributed by atoms with Gasteiger partial charge in [0.1, 0.15) is 29.0 Å². The van der Waals surface area contributed by atoms with Gasteiger partial charge in [0, 0.05) is 24.4 Å². The van der Waals surface area contributed by atoms with E-state index in [2.05, 4.69) is 38.2 Å². The van der Waals surface area contributed by atoms with E-state index in [9.17, 15) is 18.4 Å². The third kappa shape index (κ3) is 8.69. The highest BCUT2D eigenvalue weighted by Crippen LogP contribution is 2.26. The molecule has 0 radical (unpaired) electrons. The molecule has 3 aromatic rings. The van der Waals surface area contributed by atoms with Crippen LogP contribution >= 0.6 is 12.2 Å². The van der Waals surface area contributed by atoms with Crippen molar-refractivity contribution < 1.29 is 23.1 Å². The summed E-state index contributed by atoms with van der Waals surface area (Å²) in [6.45, 7) is 1.85. The van der Waals surface area contributed by atoms with Gasteiger partial charge in [0.25, 0.3) is 0 Å². The number of nitrogens with one attached hydrogen (secondary N) is 4. The molecule has 9 nitrogen and oxygen atoms in total. The van der Waals surface area contributed by atoms with E-state index in [1.165, 1.54) is 48.7 Å². The fourth-order valence-electron chi connectivity index (χ4n) is 3.94. The fraction of sp³-hybridized carbons (Fsp3) is 0.259. The van der Waals surface area contributed by atoms with Crippen LogP contribution in [0, 0.1) is 11.6 Å². The molecule has 0 atom stereocenters. The van der Waals surface area contributed by atoms with Gasteiger partial charge in [0.2, 0.25) is 5.91 Å². The van der Waals surface area contributed by atoms with Crippen LogP contribution in [-0.2, 0) is 11.2 Å². The van der Waals surface area contributed by atoms with Crippen LogP contribution in [0.3, 0.4) is 0 Å². The molecule has 1 aromatic heterocycles. The van der Waals surface area contributed by atoms with Crippen LogP contribution in [0.2, 0.25) is 0 Å². The van der Waals surface area contributed by atoms with Crippen molar-refractivity contribution in [2.24, 2.45) is 0 Å². The van der Waals surface area contributed by atoms with Gasteiger partial charge in [0.15, 0.2) is 5.11 Å². The predicted octanol–water partition coefficient (Wildman–Crippen LogP) is 4.42. The van der Waals surface area contributed by atoms with Crippen molar-refractivity contribution >= 4 is 40.8 Å². The summed E-state index contributed by atoms with van der Waals surface area (Å²) in [6.07, 6.45) is 3.22. The Labute approximate surface area is 229 Å². The molecule has 3 amide bonds. The van der Waals surface area contributed by atoms with E-state index in [1.54, 1.807) is 6.07 Å². The first-order valence-electron chi connectivity index (χ1n) is 12.3. The Bertz CT molecular complexity index is 1330. The molecule has 12 heteroatoms. The van der Waals surface area contributed by atoms with Crippen LogP contribution in [-0.4, -0.2) is 53.1 Å². The molecular formula is C27H28F2N6O3S. The number of halogens is 2. The van der Waals surface area contributed by atoms with Gasteiger partial charge in [-0.25, -0.2) is 18.6 Å². The number of carbonyl (C=O) groups is 2.